The predicted molar refractivity (Wildman–Crippen MR) is 101 cm³/mol. The quantitative estimate of drug-likeness (QED) is 0.604. The molecule has 2 N–H and O–H groups in total. The smallest absolute Gasteiger partial charge is 0.338 e. The summed E-state index contributed by atoms with van der Waals surface area (Å²) in [6.45, 7) is 2.87. The number of carbonyl (C=O) groups is 1. The average Bonchev–Trinajstić information content (AvgIpc) is 3.36. The molecule has 0 bridgehead atoms. The minimum Gasteiger partial charge on any atom is -0.457 e. The van der Waals surface area contributed by atoms with Gasteiger partial charge in [-0.25, -0.2) is 14.5 Å². The summed E-state index contributed by atoms with van der Waals surface area (Å²) in [5.74, 6) is 0.246. The Kier molecular flexibility index (Phi) is 5.03. The molecule has 0 radical (unpaired) electrons. The van der Waals surface area contributed by atoms with Gasteiger partial charge in [0.25, 0.3) is 0 Å². The van der Waals surface area contributed by atoms with Gasteiger partial charge in [-0.2, -0.15) is 5.26 Å². The molecule has 0 fully saturated rings. The average molecular weight is 390 g/mol. The fourth-order valence-corrected chi connectivity index (χ4v) is 3.25. The fraction of sp³-hybridized carbons (Fsp3) is 0.250. The number of esters is 1. The number of aromatic nitrogens is 4. The number of nitriles is 1. The molecule has 0 spiro atoms. The molecule has 1 aliphatic rings. The SMILES string of the molecule is Cc1c(C(O)CNCc2cn(-c3ccc(C#N)cn3)nn2)ccc2c1COC2=O. The zero-order chi connectivity index (χ0) is 20.4. The number of nitrogens with one attached hydrogen (secondary N) is 1. The Bertz CT molecular complexity index is 1100. The van der Waals surface area contributed by atoms with Crippen molar-refractivity contribution in [3.8, 4) is 11.9 Å². The van der Waals surface area contributed by atoms with Crippen LogP contribution in [0.3, 0.4) is 0 Å². The van der Waals surface area contributed by atoms with E-state index in [-0.39, 0.29) is 12.6 Å². The van der Waals surface area contributed by atoms with Gasteiger partial charge in [0, 0.05) is 24.8 Å². The van der Waals surface area contributed by atoms with Gasteiger partial charge in [0.05, 0.1) is 29.1 Å². The number of benzene rings is 1. The fourth-order valence-electron chi connectivity index (χ4n) is 3.25. The van der Waals surface area contributed by atoms with E-state index in [0.717, 1.165) is 16.7 Å². The second-order valence-corrected chi connectivity index (χ2v) is 6.70. The number of hydrogen-bond donors (Lipinski definition) is 2. The number of aliphatic hydroxyl groups excluding tert-OH is 1. The van der Waals surface area contributed by atoms with Crippen molar-refractivity contribution in [2.45, 2.75) is 26.2 Å². The summed E-state index contributed by atoms with van der Waals surface area (Å²) in [6.07, 6.45) is 2.48. The second kappa shape index (κ2) is 7.79. The summed E-state index contributed by atoms with van der Waals surface area (Å²) in [6, 6.07) is 8.84. The van der Waals surface area contributed by atoms with E-state index in [2.05, 4.69) is 20.6 Å². The summed E-state index contributed by atoms with van der Waals surface area (Å²) >= 11 is 0. The minimum atomic E-state index is -0.730. The second-order valence-electron chi connectivity index (χ2n) is 6.70. The van der Waals surface area contributed by atoms with Gasteiger partial charge in [-0.1, -0.05) is 11.3 Å². The molecule has 4 rings (SSSR count). The highest BCUT2D eigenvalue weighted by atomic mass is 16.5. The van der Waals surface area contributed by atoms with Crippen LogP contribution < -0.4 is 5.32 Å². The molecule has 0 saturated carbocycles. The van der Waals surface area contributed by atoms with E-state index in [1.165, 1.54) is 10.9 Å². The molecule has 3 aromatic rings. The van der Waals surface area contributed by atoms with E-state index in [4.69, 9.17) is 10.00 Å². The maximum Gasteiger partial charge on any atom is 0.338 e. The van der Waals surface area contributed by atoms with Gasteiger partial charge in [-0.05, 0) is 36.2 Å². The lowest BCUT2D eigenvalue weighted by Gasteiger charge is -2.16. The first-order chi connectivity index (χ1) is 14.1. The van der Waals surface area contributed by atoms with E-state index >= 15 is 0 Å². The van der Waals surface area contributed by atoms with Gasteiger partial charge < -0.3 is 15.2 Å². The number of hydrogen-bond acceptors (Lipinski definition) is 8. The van der Waals surface area contributed by atoms with Crippen molar-refractivity contribution in [1.82, 2.24) is 25.3 Å². The molecule has 9 nitrogen and oxygen atoms in total. The highest BCUT2D eigenvalue weighted by Gasteiger charge is 2.25. The molecule has 3 heterocycles. The van der Waals surface area contributed by atoms with E-state index in [9.17, 15) is 9.90 Å². The lowest BCUT2D eigenvalue weighted by Crippen LogP contribution is -2.22. The van der Waals surface area contributed by atoms with Crippen LogP contribution in [0.4, 0.5) is 0 Å². The number of cyclic esters (lactones) is 1. The van der Waals surface area contributed by atoms with Crippen LogP contribution in [0.15, 0.2) is 36.7 Å². The molecule has 29 heavy (non-hydrogen) atoms. The van der Waals surface area contributed by atoms with E-state index in [1.807, 2.05) is 13.0 Å². The van der Waals surface area contributed by atoms with Gasteiger partial charge in [0.15, 0.2) is 5.82 Å². The van der Waals surface area contributed by atoms with Crippen LogP contribution in [0.25, 0.3) is 5.82 Å². The normalized spacial score (nSPS) is 13.6. The zero-order valence-corrected chi connectivity index (χ0v) is 15.7. The van der Waals surface area contributed by atoms with Gasteiger partial charge in [-0.15, -0.1) is 5.10 Å². The summed E-state index contributed by atoms with van der Waals surface area (Å²) < 4.78 is 6.58. The van der Waals surface area contributed by atoms with Crippen LogP contribution in [0.2, 0.25) is 0 Å². The molecule has 0 saturated heterocycles. The molecule has 1 unspecified atom stereocenters. The van der Waals surface area contributed by atoms with Crippen molar-refractivity contribution in [1.29, 1.82) is 5.26 Å². The summed E-state index contributed by atoms with van der Waals surface area (Å²) in [7, 11) is 0. The van der Waals surface area contributed by atoms with E-state index in [1.54, 1.807) is 30.5 Å². The van der Waals surface area contributed by atoms with Crippen LogP contribution in [0.1, 0.15) is 44.4 Å². The van der Waals surface area contributed by atoms with Gasteiger partial charge in [-0.3, -0.25) is 0 Å². The van der Waals surface area contributed by atoms with Crippen LogP contribution in [0.5, 0.6) is 0 Å². The first kappa shape index (κ1) is 18.7. The van der Waals surface area contributed by atoms with Crippen LogP contribution in [-0.2, 0) is 17.9 Å². The molecule has 2 aromatic heterocycles. The minimum absolute atomic E-state index is 0.250. The predicted octanol–water partition coefficient (Wildman–Crippen LogP) is 1.34. The summed E-state index contributed by atoms with van der Waals surface area (Å²) in [4.78, 5) is 15.8. The molecule has 0 aliphatic carbocycles. The van der Waals surface area contributed by atoms with Gasteiger partial charge in [0.2, 0.25) is 0 Å². The first-order valence-electron chi connectivity index (χ1n) is 9.03. The number of fused-ring (bicyclic) bond motifs is 1. The van der Waals surface area contributed by atoms with E-state index < -0.39 is 6.10 Å². The topological polar surface area (TPSA) is 126 Å². The molecular formula is C20H18N6O3. The monoisotopic (exact) mass is 390 g/mol. The van der Waals surface area contributed by atoms with Crippen molar-refractivity contribution in [3.05, 3.63) is 70.2 Å². The largest absolute Gasteiger partial charge is 0.457 e. The highest BCUT2D eigenvalue weighted by Crippen LogP contribution is 2.28. The highest BCUT2D eigenvalue weighted by molar-refractivity contribution is 5.93. The maximum absolute atomic E-state index is 11.6. The molecule has 0 amide bonds. The lowest BCUT2D eigenvalue weighted by atomic mass is 9.95. The molecule has 1 aliphatic heterocycles. The Morgan fingerprint density at radius 3 is 3.00 bits per heavy atom. The number of nitrogens with zero attached hydrogens (tertiary/aromatic N) is 5. The van der Waals surface area contributed by atoms with Gasteiger partial charge in [0.1, 0.15) is 12.7 Å². The van der Waals surface area contributed by atoms with Crippen molar-refractivity contribution < 1.29 is 14.6 Å². The number of carbonyl (C=O) groups excluding carboxylic acids is 1. The maximum atomic E-state index is 11.6. The standard InChI is InChI=1S/C20H18N6O3/c1-12-15(3-4-16-17(12)11-29-20(16)28)18(27)9-22-8-14-10-26(25-24-14)19-5-2-13(6-21)7-23-19/h2-5,7,10,18,22,27H,8-9,11H2,1H3. The molecule has 1 aromatic carbocycles. The van der Waals surface area contributed by atoms with Crippen molar-refractivity contribution in [2.24, 2.45) is 0 Å². The molecule has 9 heteroatoms. The molecule has 1 atom stereocenters. The Hall–Kier alpha value is -3.61. The Morgan fingerprint density at radius 1 is 1.38 bits per heavy atom. The number of pyridine rings is 1. The van der Waals surface area contributed by atoms with Crippen LogP contribution in [0, 0.1) is 18.3 Å². The number of ether oxygens (including phenoxy) is 1. The summed E-state index contributed by atoms with van der Waals surface area (Å²) in [5.41, 5.74) is 4.21. The van der Waals surface area contributed by atoms with Gasteiger partial charge >= 0.3 is 5.97 Å². The third kappa shape index (κ3) is 3.71. The summed E-state index contributed by atoms with van der Waals surface area (Å²) in [5, 5.41) is 30.6. The Morgan fingerprint density at radius 2 is 2.24 bits per heavy atom. The number of aliphatic hydroxyl groups is 1. The zero-order valence-electron chi connectivity index (χ0n) is 15.7. The Balaban J connectivity index is 1.37. The van der Waals surface area contributed by atoms with Crippen LogP contribution >= 0.6 is 0 Å². The van der Waals surface area contributed by atoms with Crippen molar-refractivity contribution in [3.63, 3.8) is 0 Å². The molecule has 146 valence electrons. The van der Waals surface area contributed by atoms with Crippen LogP contribution in [-0.4, -0.2) is 37.6 Å². The third-order valence-corrected chi connectivity index (χ3v) is 4.86. The first-order valence-corrected chi connectivity index (χ1v) is 9.03. The van der Waals surface area contributed by atoms with Crippen molar-refractivity contribution in [2.75, 3.05) is 6.54 Å². The Labute approximate surface area is 166 Å². The number of rotatable bonds is 6. The lowest BCUT2D eigenvalue weighted by molar-refractivity contribution is 0.0535. The third-order valence-electron chi connectivity index (χ3n) is 4.86. The molecular weight excluding hydrogens is 372 g/mol. The van der Waals surface area contributed by atoms with Crippen molar-refractivity contribution >= 4 is 5.97 Å². The van der Waals surface area contributed by atoms with E-state index in [0.29, 0.717) is 35.7 Å².